The van der Waals surface area contributed by atoms with Crippen molar-refractivity contribution < 1.29 is 0 Å². The highest BCUT2D eigenvalue weighted by Gasteiger charge is 2.09. The van der Waals surface area contributed by atoms with Crippen molar-refractivity contribution >= 4 is 29.0 Å². The molecule has 0 fully saturated rings. The van der Waals surface area contributed by atoms with Gasteiger partial charge in [0.2, 0.25) is 0 Å². The lowest BCUT2D eigenvalue weighted by molar-refractivity contribution is 1.31. The highest BCUT2D eigenvalue weighted by atomic mass is 35.5. The summed E-state index contributed by atoms with van der Waals surface area (Å²) >= 11 is 12.0. The number of rotatable bonds is 1. The highest BCUT2D eigenvalue weighted by Crippen LogP contribution is 2.32. The van der Waals surface area contributed by atoms with E-state index in [0.717, 1.165) is 0 Å². The molecule has 0 radical (unpaired) electrons. The average Bonchev–Trinajstić information content (AvgIpc) is 2.32. The van der Waals surface area contributed by atoms with Crippen LogP contribution in [0.5, 0.6) is 0 Å². The van der Waals surface area contributed by atoms with E-state index in [1.165, 1.54) is 0 Å². The van der Waals surface area contributed by atoms with Crippen molar-refractivity contribution in [1.82, 2.24) is 4.98 Å². The third kappa shape index (κ3) is 2.19. The van der Waals surface area contributed by atoms with Crippen molar-refractivity contribution in [3.05, 3.63) is 45.9 Å². The van der Waals surface area contributed by atoms with Crippen molar-refractivity contribution in [3.63, 3.8) is 0 Å². The molecule has 1 heterocycles. The molecule has 0 aliphatic carbocycles. The van der Waals surface area contributed by atoms with Gasteiger partial charge in [-0.05, 0) is 18.2 Å². The number of aromatic nitrogens is 1. The second kappa shape index (κ2) is 4.62. The highest BCUT2D eigenvalue weighted by molar-refractivity contribution is 6.43. The van der Waals surface area contributed by atoms with Crippen LogP contribution in [0.25, 0.3) is 11.3 Å². The minimum absolute atomic E-state index is 0.182. The lowest BCUT2D eigenvalue weighted by Gasteiger charge is -2.06. The fraction of sp³-hybridized carbons (Fsp3) is 0. The Hall–Kier alpha value is -1.76. The van der Waals surface area contributed by atoms with Crippen LogP contribution in [0.4, 0.5) is 5.82 Å². The van der Waals surface area contributed by atoms with Crippen LogP contribution < -0.4 is 5.73 Å². The lowest BCUT2D eigenvalue weighted by Crippen LogP contribution is -1.96. The van der Waals surface area contributed by atoms with Crippen LogP contribution in [-0.2, 0) is 0 Å². The van der Waals surface area contributed by atoms with Gasteiger partial charge in [-0.3, -0.25) is 0 Å². The summed E-state index contributed by atoms with van der Waals surface area (Å²) < 4.78 is 0. The van der Waals surface area contributed by atoms with Crippen LogP contribution in [0.2, 0.25) is 10.0 Å². The molecule has 0 aliphatic rings. The molecule has 2 N–H and O–H groups in total. The lowest BCUT2D eigenvalue weighted by atomic mass is 10.1. The smallest absolute Gasteiger partial charge is 0.142 e. The predicted octanol–water partition coefficient (Wildman–Crippen LogP) is 3.51. The summed E-state index contributed by atoms with van der Waals surface area (Å²) in [6.07, 6.45) is 0. The Balaban J connectivity index is 2.59. The molecule has 17 heavy (non-hydrogen) atoms. The van der Waals surface area contributed by atoms with Crippen molar-refractivity contribution in [3.8, 4) is 17.3 Å². The van der Waals surface area contributed by atoms with Crippen LogP contribution in [0.15, 0.2) is 30.3 Å². The van der Waals surface area contributed by atoms with E-state index >= 15 is 0 Å². The third-order valence-electron chi connectivity index (χ3n) is 2.27. The molecule has 2 rings (SSSR count). The van der Waals surface area contributed by atoms with Gasteiger partial charge in [-0.1, -0.05) is 35.3 Å². The molecule has 0 amide bonds. The van der Waals surface area contributed by atoms with E-state index in [4.69, 9.17) is 34.2 Å². The van der Waals surface area contributed by atoms with E-state index in [9.17, 15) is 0 Å². The SMILES string of the molecule is N#Cc1ccc(-c2cccc(Cl)c2Cl)nc1N. The second-order valence-electron chi connectivity index (χ2n) is 3.34. The maximum absolute atomic E-state index is 8.76. The van der Waals surface area contributed by atoms with Crippen LogP contribution in [0.3, 0.4) is 0 Å². The number of halogens is 2. The Kier molecular flexibility index (Phi) is 3.19. The maximum atomic E-state index is 8.76. The summed E-state index contributed by atoms with van der Waals surface area (Å²) in [5.41, 5.74) is 7.27. The molecular formula is C12H7Cl2N3. The molecule has 0 spiro atoms. The minimum atomic E-state index is 0.182. The summed E-state index contributed by atoms with van der Waals surface area (Å²) in [7, 11) is 0. The van der Waals surface area contributed by atoms with E-state index in [0.29, 0.717) is 26.9 Å². The fourth-order valence-electron chi connectivity index (χ4n) is 1.42. The van der Waals surface area contributed by atoms with Gasteiger partial charge in [0.15, 0.2) is 0 Å². The zero-order valence-corrected chi connectivity index (χ0v) is 10.1. The summed E-state index contributed by atoms with van der Waals surface area (Å²) in [5.74, 6) is 0.182. The van der Waals surface area contributed by atoms with Crippen molar-refractivity contribution in [2.75, 3.05) is 5.73 Å². The molecular weight excluding hydrogens is 257 g/mol. The average molecular weight is 264 g/mol. The van der Waals surface area contributed by atoms with E-state index in [2.05, 4.69) is 4.98 Å². The number of pyridine rings is 1. The number of nitrogen functional groups attached to an aromatic ring is 1. The molecule has 2 aromatic rings. The first-order valence-corrected chi connectivity index (χ1v) is 5.50. The van der Waals surface area contributed by atoms with Gasteiger partial charge in [0.1, 0.15) is 11.9 Å². The number of benzene rings is 1. The zero-order valence-electron chi connectivity index (χ0n) is 8.61. The topological polar surface area (TPSA) is 62.7 Å². The molecule has 3 nitrogen and oxygen atoms in total. The largest absolute Gasteiger partial charge is 0.383 e. The quantitative estimate of drug-likeness (QED) is 0.857. The maximum Gasteiger partial charge on any atom is 0.142 e. The van der Waals surface area contributed by atoms with E-state index in [1.54, 1.807) is 30.3 Å². The first-order chi connectivity index (χ1) is 8.13. The molecule has 0 atom stereocenters. The molecule has 0 saturated carbocycles. The van der Waals surface area contributed by atoms with E-state index in [-0.39, 0.29) is 5.82 Å². The van der Waals surface area contributed by atoms with E-state index in [1.807, 2.05) is 6.07 Å². The monoisotopic (exact) mass is 263 g/mol. The van der Waals surface area contributed by atoms with Gasteiger partial charge in [0, 0.05) is 5.56 Å². The predicted molar refractivity (Wildman–Crippen MR) is 68.8 cm³/mol. The summed E-state index contributed by atoms with van der Waals surface area (Å²) in [6.45, 7) is 0. The second-order valence-corrected chi connectivity index (χ2v) is 4.13. The molecule has 84 valence electrons. The molecule has 1 aromatic carbocycles. The summed E-state index contributed by atoms with van der Waals surface area (Å²) in [6, 6.07) is 10.5. The van der Waals surface area contributed by atoms with Gasteiger partial charge in [-0.25, -0.2) is 4.98 Å². The number of nitriles is 1. The van der Waals surface area contributed by atoms with Crippen molar-refractivity contribution in [1.29, 1.82) is 5.26 Å². The molecule has 0 saturated heterocycles. The standard InChI is InChI=1S/C12H7Cl2N3/c13-9-3-1-2-8(11(9)14)10-5-4-7(6-15)12(16)17-10/h1-5H,(H2,16,17). The number of anilines is 1. The van der Waals surface area contributed by atoms with Crippen molar-refractivity contribution in [2.24, 2.45) is 0 Å². The van der Waals surface area contributed by atoms with Gasteiger partial charge in [-0.15, -0.1) is 0 Å². The van der Waals surface area contributed by atoms with Gasteiger partial charge < -0.3 is 5.73 Å². The number of nitrogens with two attached hydrogens (primary N) is 1. The van der Waals surface area contributed by atoms with Gasteiger partial charge >= 0.3 is 0 Å². The van der Waals surface area contributed by atoms with Crippen LogP contribution in [0, 0.1) is 11.3 Å². The van der Waals surface area contributed by atoms with E-state index < -0.39 is 0 Å². The summed E-state index contributed by atoms with van der Waals surface area (Å²) in [4.78, 5) is 4.13. The van der Waals surface area contributed by atoms with Gasteiger partial charge in [0.25, 0.3) is 0 Å². The fourth-order valence-corrected chi connectivity index (χ4v) is 1.82. The first kappa shape index (κ1) is 11.7. The molecule has 0 unspecified atom stereocenters. The van der Waals surface area contributed by atoms with Crippen LogP contribution >= 0.6 is 23.2 Å². The Morgan fingerprint density at radius 2 is 1.94 bits per heavy atom. The Morgan fingerprint density at radius 3 is 2.59 bits per heavy atom. The number of hydrogen-bond acceptors (Lipinski definition) is 3. The van der Waals surface area contributed by atoms with Crippen molar-refractivity contribution in [2.45, 2.75) is 0 Å². The number of hydrogen-bond donors (Lipinski definition) is 1. The Bertz CT molecular complexity index is 618. The van der Waals surface area contributed by atoms with Crippen LogP contribution in [0.1, 0.15) is 5.56 Å². The molecule has 1 aromatic heterocycles. The number of nitrogens with zero attached hydrogens (tertiary/aromatic N) is 2. The minimum Gasteiger partial charge on any atom is -0.383 e. The Morgan fingerprint density at radius 1 is 1.18 bits per heavy atom. The molecule has 5 heteroatoms. The third-order valence-corrected chi connectivity index (χ3v) is 3.09. The van der Waals surface area contributed by atoms with Gasteiger partial charge in [0.05, 0.1) is 21.3 Å². The zero-order chi connectivity index (χ0) is 12.4. The Labute approximate surface area is 108 Å². The normalized spacial score (nSPS) is 9.94. The first-order valence-electron chi connectivity index (χ1n) is 4.74. The van der Waals surface area contributed by atoms with Crippen LogP contribution in [-0.4, -0.2) is 4.98 Å². The summed E-state index contributed by atoms with van der Waals surface area (Å²) in [5, 5.41) is 9.64. The van der Waals surface area contributed by atoms with Gasteiger partial charge in [-0.2, -0.15) is 5.26 Å². The molecule has 0 bridgehead atoms. The molecule has 0 aliphatic heterocycles.